The van der Waals surface area contributed by atoms with E-state index in [2.05, 4.69) is 32.7 Å². The zero-order valence-corrected chi connectivity index (χ0v) is 28.7. The minimum Gasteiger partial charge on any atom is -0.494 e. The molecule has 9 heteroatoms. The molecule has 0 aliphatic heterocycles. The van der Waals surface area contributed by atoms with Gasteiger partial charge in [-0.3, -0.25) is 4.79 Å². The van der Waals surface area contributed by atoms with Crippen molar-refractivity contribution in [1.82, 2.24) is 4.98 Å². The highest BCUT2D eigenvalue weighted by Gasteiger charge is 2.28. The number of hydrogen-bond donors (Lipinski definition) is 0. The molecular weight excluding hydrogens is 611 g/mol. The number of ketones is 1. The van der Waals surface area contributed by atoms with Crippen LogP contribution in [0.3, 0.4) is 0 Å². The number of thioether (sulfide) groups is 1. The molecule has 2 heterocycles. The van der Waals surface area contributed by atoms with Crippen molar-refractivity contribution in [1.29, 1.82) is 0 Å². The molecule has 0 amide bonds. The number of rotatable bonds is 21. The monoisotopic (exact) mass is 661 g/mol. The summed E-state index contributed by atoms with van der Waals surface area (Å²) in [6.45, 7) is 9.10. The number of Topliss-reactive ketones (excluding diaryl/α,β-unsaturated/α-hetero) is 1. The number of carbonyl (C=O) groups excluding carboxylic acids is 1. The summed E-state index contributed by atoms with van der Waals surface area (Å²) < 4.78 is 49.2. The number of alkyl halides is 3. The van der Waals surface area contributed by atoms with Crippen LogP contribution in [-0.4, -0.2) is 34.1 Å². The molecule has 0 spiro atoms. The van der Waals surface area contributed by atoms with Crippen molar-refractivity contribution in [3.8, 4) is 16.9 Å². The van der Waals surface area contributed by atoms with E-state index in [4.69, 9.17) is 9.15 Å². The van der Waals surface area contributed by atoms with Crippen LogP contribution in [0.1, 0.15) is 110 Å². The number of nitrogens with zero attached hydrogens (tertiary/aromatic N) is 1. The van der Waals surface area contributed by atoms with Crippen LogP contribution in [0.4, 0.5) is 13.2 Å². The van der Waals surface area contributed by atoms with Crippen molar-refractivity contribution in [3.63, 3.8) is 0 Å². The second-order valence-corrected chi connectivity index (χ2v) is 14.8. The fourth-order valence-corrected chi connectivity index (χ4v) is 6.38. The van der Waals surface area contributed by atoms with E-state index in [1.54, 1.807) is 24.3 Å². The Hall–Kier alpha value is -2.81. The lowest BCUT2D eigenvalue weighted by Gasteiger charge is -2.23. The van der Waals surface area contributed by atoms with Crippen LogP contribution in [0.25, 0.3) is 22.2 Å². The van der Waals surface area contributed by atoms with Gasteiger partial charge in [0.05, 0.1) is 23.3 Å². The topological polar surface area (TPSA) is 69.4 Å². The maximum Gasteiger partial charge on any atom is 0.393 e. The first-order chi connectivity index (χ1) is 21.8. The average molecular weight is 662 g/mol. The summed E-state index contributed by atoms with van der Waals surface area (Å²) in [5, 5.41) is 0.341. The van der Waals surface area contributed by atoms with Crippen molar-refractivity contribution in [3.05, 3.63) is 58.6 Å². The third-order valence-electron chi connectivity index (χ3n) is 8.11. The molecule has 0 radical (unpaired) electrons. The fraction of sp³-hybridized carbons (Fsp3) is 0.595. The van der Waals surface area contributed by atoms with Crippen molar-refractivity contribution in [2.45, 2.75) is 122 Å². The summed E-state index contributed by atoms with van der Waals surface area (Å²) in [5.74, 6) is 2.72. The Balaban J connectivity index is 1.25. The number of hydrogen-bond acceptors (Lipinski definition) is 6. The van der Waals surface area contributed by atoms with E-state index in [1.165, 1.54) is 63.5 Å². The largest absolute Gasteiger partial charge is 0.494 e. The number of pyridine rings is 1. The van der Waals surface area contributed by atoms with E-state index < -0.39 is 18.2 Å². The molecule has 0 saturated heterocycles. The Morgan fingerprint density at radius 3 is 2.13 bits per heavy atom. The zero-order valence-electron chi connectivity index (χ0n) is 27.8. The quantitative estimate of drug-likeness (QED) is 0.106. The number of fused-ring (bicyclic) bond motifs is 1. The van der Waals surface area contributed by atoms with E-state index in [0.717, 1.165) is 31.2 Å². The molecule has 0 atom stereocenters. The Labute approximate surface area is 276 Å². The van der Waals surface area contributed by atoms with Crippen molar-refractivity contribution < 1.29 is 27.1 Å². The van der Waals surface area contributed by atoms with Gasteiger partial charge in [-0.2, -0.15) is 13.2 Å². The van der Waals surface area contributed by atoms with E-state index in [9.17, 15) is 22.8 Å². The summed E-state index contributed by atoms with van der Waals surface area (Å²) >= 11 is 1.82. The third-order valence-corrected chi connectivity index (χ3v) is 9.55. The standard InChI is InChI=1S/C37H50F3NO4S/c1-27(2)15-20-33(42)36(3,4)46-22-14-12-10-8-6-5-7-9-11-13-21-44-31-18-16-29(17-19-31)32-24-30-23-28(25-37(38,39)40)26-41-34(30)45-35(32)43/h16-19,23-24,26-27H,5-15,20-22,25H2,1-4H3. The highest BCUT2D eigenvalue weighted by Crippen LogP contribution is 2.29. The number of aromatic nitrogens is 1. The van der Waals surface area contributed by atoms with E-state index in [1.807, 2.05) is 11.8 Å². The van der Waals surface area contributed by atoms with Gasteiger partial charge >= 0.3 is 11.8 Å². The van der Waals surface area contributed by atoms with Crippen molar-refractivity contribution in [2.24, 2.45) is 5.92 Å². The molecule has 0 saturated carbocycles. The molecule has 0 aliphatic carbocycles. The summed E-state index contributed by atoms with van der Waals surface area (Å²) in [5.41, 5.74) is 0.266. The SMILES string of the molecule is CC(C)CCC(=O)C(C)(C)SCCCCCCCCCCCCOc1ccc(-c2cc3cc(CC(F)(F)F)cnc3oc2=O)cc1. The molecule has 0 N–H and O–H groups in total. The summed E-state index contributed by atoms with van der Waals surface area (Å²) in [4.78, 5) is 28.8. The van der Waals surface area contributed by atoms with Gasteiger partial charge in [-0.1, -0.05) is 77.3 Å². The number of unbranched alkanes of at least 4 members (excludes halogenated alkanes) is 9. The Kier molecular flexibility index (Phi) is 15.1. The van der Waals surface area contributed by atoms with Crippen LogP contribution in [0.2, 0.25) is 0 Å². The number of ether oxygens (including phenoxy) is 1. The van der Waals surface area contributed by atoms with Crippen molar-refractivity contribution in [2.75, 3.05) is 12.4 Å². The molecule has 2 aromatic heterocycles. The van der Waals surface area contributed by atoms with Gasteiger partial charge < -0.3 is 9.15 Å². The second-order valence-electron chi connectivity index (χ2n) is 13.1. The first kappa shape index (κ1) is 37.6. The second kappa shape index (κ2) is 18.5. The van der Waals surface area contributed by atoms with Crippen LogP contribution < -0.4 is 10.4 Å². The molecule has 3 aromatic rings. The lowest BCUT2D eigenvalue weighted by Crippen LogP contribution is -2.28. The predicted molar refractivity (Wildman–Crippen MR) is 183 cm³/mol. The fourth-order valence-electron chi connectivity index (χ4n) is 5.26. The van der Waals surface area contributed by atoms with Gasteiger partial charge in [0.1, 0.15) is 11.5 Å². The number of benzene rings is 1. The highest BCUT2D eigenvalue weighted by molar-refractivity contribution is 8.01. The third kappa shape index (κ3) is 13.5. The molecule has 5 nitrogen and oxygen atoms in total. The van der Waals surface area contributed by atoms with Crippen LogP contribution in [0.5, 0.6) is 5.75 Å². The molecule has 1 aromatic carbocycles. The normalized spacial score (nSPS) is 12.3. The first-order valence-corrected chi connectivity index (χ1v) is 17.7. The zero-order chi connectivity index (χ0) is 33.6. The number of carbonyl (C=O) groups is 1. The molecule has 3 rings (SSSR count). The van der Waals surface area contributed by atoms with Gasteiger partial charge in [0.15, 0.2) is 0 Å². The van der Waals surface area contributed by atoms with Crippen LogP contribution in [-0.2, 0) is 11.2 Å². The lowest BCUT2D eigenvalue weighted by atomic mass is 9.99. The molecule has 0 aliphatic rings. The lowest BCUT2D eigenvalue weighted by molar-refractivity contribution is -0.127. The molecule has 0 unspecified atom stereocenters. The average Bonchev–Trinajstić information content (AvgIpc) is 2.99. The van der Waals surface area contributed by atoms with Gasteiger partial charge in [0.2, 0.25) is 5.71 Å². The minimum atomic E-state index is -4.35. The van der Waals surface area contributed by atoms with Gasteiger partial charge in [-0.15, -0.1) is 11.8 Å². The van der Waals surface area contributed by atoms with Crippen molar-refractivity contribution >= 4 is 28.6 Å². The predicted octanol–water partition coefficient (Wildman–Crippen LogP) is 10.8. The first-order valence-electron chi connectivity index (χ1n) is 16.7. The molecule has 46 heavy (non-hydrogen) atoms. The van der Waals surface area contributed by atoms with Gasteiger partial charge in [-0.25, -0.2) is 9.78 Å². The minimum absolute atomic E-state index is 0.00693. The van der Waals surface area contributed by atoms with Crippen LogP contribution in [0, 0.1) is 5.92 Å². The van der Waals surface area contributed by atoms with E-state index >= 15 is 0 Å². The molecule has 0 fully saturated rings. The Morgan fingerprint density at radius 2 is 1.52 bits per heavy atom. The Morgan fingerprint density at radius 1 is 0.913 bits per heavy atom. The maximum atomic E-state index is 12.8. The highest BCUT2D eigenvalue weighted by atomic mass is 32.2. The number of halogens is 3. The molecule has 0 bridgehead atoms. The molecular formula is C37H50F3NO4S. The van der Waals surface area contributed by atoms with E-state index in [-0.39, 0.29) is 21.6 Å². The summed E-state index contributed by atoms with van der Waals surface area (Å²) in [7, 11) is 0. The van der Waals surface area contributed by atoms with Gasteiger partial charge in [0, 0.05) is 18.0 Å². The van der Waals surface area contributed by atoms with Crippen LogP contribution in [0.15, 0.2) is 51.8 Å². The van der Waals surface area contributed by atoms with Gasteiger partial charge in [0.25, 0.3) is 0 Å². The maximum absolute atomic E-state index is 12.8. The van der Waals surface area contributed by atoms with Gasteiger partial charge in [-0.05, 0) is 80.2 Å². The smallest absolute Gasteiger partial charge is 0.393 e. The van der Waals surface area contributed by atoms with Crippen LogP contribution >= 0.6 is 11.8 Å². The summed E-state index contributed by atoms with van der Waals surface area (Å²) in [6, 6.07) is 9.93. The molecule has 254 valence electrons. The Bertz CT molecular complexity index is 1420. The van der Waals surface area contributed by atoms with E-state index in [0.29, 0.717) is 41.4 Å². The summed E-state index contributed by atoms with van der Waals surface area (Å²) in [6.07, 6.45) is 9.31.